The third-order valence-corrected chi connectivity index (χ3v) is 6.89. The average Bonchev–Trinajstić information content (AvgIpc) is 2.96. The molecule has 1 aliphatic rings. The molecule has 1 aliphatic carbocycles. The van der Waals surface area contributed by atoms with Crippen LogP contribution in [-0.4, -0.2) is 64.8 Å². The molecule has 0 saturated heterocycles. The molecule has 0 fully saturated rings. The van der Waals surface area contributed by atoms with Crippen LogP contribution in [-0.2, 0) is 11.2 Å². The highest BCUT2D eigenvalue weighted by Gasteiger charge is 2.26. The van der Waals surface area contributed by atoms with Gasteiger partial charge in [0.05, 0.1) is 12.3 Å². The van der Waals surface area contributed by atoms with Crippen LogP contribution in [0, 0.1) is 0 Å². The number of anilines is 2. The Morgan fingerprint density at radius 1 is 0.650 bits per heavy atom. The van der Waals surface area contributed by atoms with E-state index >= 15 is 0 Å². The van der Waals surface area contributed by atoms with Crippen LogP contribution in [0.25, 0.3) is 0 Å². The summed E-state index contributed by atoms with van der Waals surface area (Å²) in [6.07, 6.45) is 9.45. The van der Waals surface area contributed by atoms with Crippen molar-refractivity contribution in [1.82, 2.24) is 0 Å². The number of benzene rings is 2. The first-order chi connectivity index (χ1) is 19.5. The van der Waals surface area contributed by atoms with Gasteiger partial charge in [0.25, 0.3) is 0 Å². The number of nitrogens with one attached hydrogen (secondary N) is 2. The van der Waals surface area contributed by atoms with Crippen molar-refractivity contribution in [2.24, 2.45) is 4.99 Å². The molecule has 216 valence electrons. The number of rotatable bonds is 18. The van der Waals surface area contributed by atoms with Crippen molar-refractivity contribution in [2.75, 3.05) is 43.5 Å². The Hall–Kier alpha value is -3.46. The van der Waals surface area contributed by atoms with E-state index in [0.29, 0.717) is 23.3 Å². The van der Waals surface area contributed by atoms with Gasteiger partial charge in [-0.2, -0.15) is 0 Å². The molecule has 2 aromatic rings. The van der Waals surface area contributed by atoms with Crippen molar-refractivity contribution in [2.45, 2.75) is 57.8 Å². The quantitative estimate of drug-likeness (QED) is 0.111. The van der Waals surface area contributed by atoms with Crippen molar-refractivity contribution in [1.29, 1.82) is 0 Å². The Morgan fingerprint density at radius 2 is 1.18 bits per heavy atom. The summed E-state index contributed by atoms with van der Waals surface area (Å²) < 4.78 is 0. The fourth-order valence-corrected chi connectivity index (χ4v) is 4.59. The van der Waals surface area contributed by atoms with Gasteiger partial charge in [0, 0.05) is 61.3 Å². The van der Waals surface area contributed by atoms with Crippen molar-refractivity contribution >= 4 is 28.6 Å². The van der Waals surface area contributed by atoms with Crippen molar-refractivity contribution in [3.63, 3.8) is 0 Å². The minimum absolute atomic E-state index is 0.138. The lowest BCUT2D eigenvalue weighted by Crippen LogP contribution is -2.24. The smallest absolute Gasteiger partial charge is 0.208 e. The predicted molar refractivity (Wildman–Crippen MR) is 162 cm³/mol. The standard InChI is InChI=1S/C32H43N3O5/c36-19-7-3-1-5-17-33-25-11-9-24(10-12-25)21-28-29(23-38)32(31(40)22-30(28)39)35-27-15-13-26(14-16-27)34-18-6-2-4-8-20-37/h9-16,22,33-34,36-39H,1-8,17-21,23H2. The van der Waals surface area contributed by atoms with Crippen LogP contribution in [0.15, 0.2) is 76.5 Å². The molecule has 0 amide bonds. The number of hydrogen-bond donors (Lipinski definition) is 6. The maximum Gasteiger partial charge on any atom is 0.208 e. The summed E-state index contributed by atoms with van der Waals surface area (Å²) in [5.74, 6) is -0.578. The molecule has 0 spiro atoms. The number of aliphatic hydroxyl groups is 4. The van der Waals surface area contributed by atoms with Crippen molar-refractivity contribution < 1.29 is 25.2 Å². The van der Waals surface area contributed by atoms with Gasteiger partial charge in [0.15, 0.2) is 0 Å². The molecule has 8 heteroatoms. The van der Waals surface area contributed by atoms with Gasteiger partial charge in [-0.05, 0) is 67.6 Å². The minimum atomic E-state index is -0.436. The van der Waals surface area contributed by atoms with E-state index in [-0.39, 0.29) is 24.7 Å². The first kappa shape index (κ1) is 31.1. The number of allylic oxidation sites excluding steroid dienone is 2. The number of nitrogens with zero attached hydrogens (tertiary/aromatic N) is 1. The van der Waals surface area contributed by atoms with Crippen LogP contribution in [0.3, 0.4) is 0 Å². The lowest BCUT2D eigenvalue weighted by molar-refractivity contribution is -0.109. The van der Waals surface area contributed by atoms with Gasteiger partial charge in [-0.1, -0.05) is 37.8 Å². The molecule has 0 aromatic heterocycles. The Labute approximate surface area is 237 Å². The topological polar surface area (TPSA) is 134 Å². The second kappa shape index (κ2) is 17.3. The Bertz CT molecular complexity index is 1150. The van der Waals surface area contributed by atoms with Crippen molar-refractivity contribution in [3.8, 4) is 0 Å². The molecule has 6 N–H and O–H groups in total. The number of aliphatic imine (C=N–C) groups is 1. The highest BCUT2D eigenvalue weighted by molar-refractivity contribution is 6.51. The predicted octanol–water partition coefficient (Wildman–Crippen LogP) is 5.24. The number of ketones is 1. The lowest BCUT2D eigenvalue weighted by Gasteiger charge is -2.19. The highest BCUT2D eigenvalue weighted by atomic mass is 16.3. The van der Waals surface area contributed by atoms with Gasteiger partial charge >= 0.3 is 0 Å². The second-order valence-electron chi connectivity index (χ2n) is 10.0. The van der Waals surface area contributed by atoms with E-state index < -0.39 is 12.4 Å². The highest BCUT2D eigenvalue weighted by Crippen LogP contribution is 2.27. The molecule has 0 heterocycles. The van der Waals surface area contributed by atoms with Crippen LogP contribution in [0.4, 0.5) is 17.1 Å². The maximum atomic E-state index is 12.8. The SMILES string of the molecule is O=C1C=C(O)C(Cc2ccc(NCCCCCCO)cc2)=C(CO)C1=Nc1ccc(NCCCCCCO)cc1. The van der Waals surface area contributed by atoms with Crippen LogP contribution >= 0.6 is 0 Å². The summed E-state index contributed by atoms with van der Waals surface area (Å²) in [4.78, 5) is 17.3. The number of hydrogen-bond acceptors (Lipinski definition) is 8. The fraction of sp³-hybridized carbons (Fsp3) is 0.438. The van der Waals surface area contributed by atoms with Gasteiger partial charge < -0.3 is 31.1 Å². The summed E-state index contributed by atoms with van der Waals surface area (Å²) in [5.41, 5.74) is 4.45. The number of unbranched alkanes of at least 4 members (excludes halogenated alkanes) is 6. The van der Waals surface area contributed by atoms with Gasteiger partial charge in [-0.15, -0.1) is 0 Å². The van der Waals surface area contributed by atoms with Crippen molar-refractivity contribution in [3.05, 3.63) is 77.1 Å². The molecular weight excluding hydrogens is 506 g/mol. The second-order valence-corrected chi connectivity index (χ2v) is 10.0. The first-order valence-corrected chi connectivity index (χ1v) is 14.3. The Balaban J connectivity index is 1.64. The molecule has 0 saturated carbocycles. The molecule has 3 rings (SSSR count). The summed E-state index contributed by atoms with van der Waals surface area (Å²) in [6.45, 7) is 1.77. The lowest BCUT2D eigenvalue weighted by atomic mass is 9.89. The zero-order chi connectivity index (χ0) is 28.6. The molecule has 2 aromatic carbocycles. The van der Waals surface area contributed by atoms with Crippen LogP contribution in [0.2, 0.25) is 0 Å². The first-order valence-electron chi connectivity index (χ1n) is 14.3. The summed E-state index contributed by atoms with van der Waals surface area (Å²) >= 11 is 0. The van der Waals surface area contributed by atoms with Gasteiger partial charge in [-0.3, -0.25) is 4.79 Å². The van der Waals surface area contributed by atoms with Crippen LogP contribution in [0.5, 0.6) is 0 Å². The molecule has 0 atom stereocenters. The molecule has 0 unspecified atom stereocenters. The van der Waals surface area contributed by atoms with E-state index in [1.165, 1.54) is 6.08 Å². The maximum absolute atomic E-state index is 12.8. The third-order valence-electron chi connectivity index (χ3n) is 6.89. The molecule has 0 aliphatic heterocycles. The number of aliphatic hydroxyl groups excluding tert-OH is 4. The number of carbonyl (C=O) groups is 1. The molecule has 0 radical (unpaired) electrons. The normalized spacial score (nSPS) is 14.5. The van der Waals surface area contributed by atoms with E-state index in [1.807, 2.05) is 48.5 Å². The summed E-state index contributed by atoms with van der Waals surface area (Å²) in [7, 11) is 0. The van der Waals surface area contributed by atoms with E-state index in [0.717, 1.165) is 81.4 Å². The fourth-order valence-electron chi connectivity index (χ4n) is 4.59. The van der Waals surface area contributed by atoms with E-state index in [9.17, 15) is 15.0 Å². The molecular formula is C32H43N3O5. The summed E-state index contributed by atoms with van der Waals surface area (Å²) in [6, 6.07) is 15.3. The van der Waals surface area contributed by atoms with E-state index in [4.69, 9.17) is 10.2 Å². The third kappa shape index (κ3) is 9.93. The zero-order valence-corrected chi connectivity index (χ0v) is 23.2. The zero-order valence-electron chi connectivity index (χ0n) is 23.2. The Kier molecular flexibility index (Phi) is 13.4. The monoisotopic (exact) mass is 549 g/mol. The molecule has 8 nitrogen and oxygen atoms in total. The average molecular weight is 550 g/mol. The van der Waals surface area contributed by atoms with Gasteiger partial charge in [-0.25, -0.2) is 4.99 Å². The molecule has 0 bridgehead atoms. The van der Waals surface area contributed by atoms with Gasteiger partial charge in [0.1, 0.15) is 11.5 Å². The van der Waals surface area contributed by atoms with E-state index in [1.54, 1.807) is 0 Å². The van der Waals surface area contributed by atoms with Gasteiger partial charge in [0.2, 0.25) is 5.78 Å². The minimum Gasteiger partial charge on any atom is -0.508 e. The number of carbonyl (C=O) groups excluding carboxylic acids is 1. The largest absolute Gasteiger partial charge is 0.508 e. The van der Waals surface area contributed by atoms with Crippen LogP contribution in [0.1, 0.15) is 56.9 Å². The molecule has 40 heavy (non-hydrogen) atoms. The summed E-state index contributed by atoms with van der Waals surface area (Å²) in [5, 5.41) is 45.3. The Morgan fingerprint density at radius 3 is 1.70 bits per heavy atom. The van der Waals surface area contributed by atoms with Crippen LogP contribution < -0.4 is 10.6 Å². The van der Waals surface area contributed by atoms with E-state index in [2.05, 4.69) is 15.6 Å².